The average molecular weight is 262 g/mol. The first kappa shape index (κ1) is 13.9. The van der Waals surface area contributed by atoms with Crippen LogP contribution in [-0.4, -0.2) is 38.0 Å². The summed E-state index contributed by atoms with van der Waals surface area (Å²) in [5.74, 6) is 3.87. The second-order valence-corrected chi connectivity index (χ2v) is 5.39. The first-order valence-corrected chi connectivity index (χ1v) is 6.47. The molecule has 19 heavy (non-hydrogen) atoms. The van der Waals surface area contributed by atoms with Crippen molar-refractivity contribution in [1.29, 1.82) is 0 Å². The van der Waals surface area contributed by atoms with Crippen LogP contribution in [0.1, 0.15) is 23.0 Å². The van der Waals surface area contributed by atoms with Crippen molar-refractivity contribution >= 4 is 0 Å². The predicted molar refractivity (Wildman–Crippen MR) is 75.0 cm³/mol. The monoisotopic (exact) mass is 262 g/mol. The van der Waals surface area contributed by atoms with Gasteiger partial charge in [-0.1, -0.05) is 0 Å². The molecule has 0 atom stereocenters. The van der Waals surface area contributed by atoms with Gasteiger partial charge >= 0.3 is 0 Å². The van der Waals surface area contributed by atoms with Crippen molar-refractivity contribution in [1.82, 2.24) is 9.80 Å². The van der Waals surface area contributed by atoms with E-state index >= 15 is 0 Å². The van der Waals surface area contributed by atoms with E-state index in [4.69, 9.17) is 8.83 Å². The third-order valence-electron chi connectivity index (χ3n) is 2.73. The summed E-state index contributed by atoms with van der Waals surface area (Å²) in [6.07, 6.45) is 0.709. The van der Waals surface area contributed by atoms with Crippen LogP contribution < -0.4 is 0 Å². The Bertz CT molecular complexity index is 465. The second-order valence-electron chi connectivity index (χ2n) is 5.39. The van der Waals surface area contributed by atoms with Gasteiger partial charge in [0.2, 0.25) is 0 Å². The van der Waals surface area contributed by atoms with E-state index in [9.17, 15) is 0 Å². The maximum atomic E-state index is 5.78. The zero-order chi connectivity index (χ0) is 13.8. The van der Waals surface area contributed by atoms with Crippen molar-refractivity contribution in [2.24, 2.45) is 0 Å². The Morgan fingerprint density at radius 3 is 1.42 bits per heavy atom. The molecular weight excluding hydrogens is 240 g/mol. The van der Waals surface area contributed by atoms with Gasteiger partial charge in [-0.15, -0.1) is 0 Å². The molecule has 0 aliphatic carbocycles. The van der Waals surface area contributed by atoms with Crippen molar-refractivity contribution in [3.8, 4) is 0 Å². The quantitative estimate of drug-likeness (QED) is 0.801. The summed E-state index contributed by atoms with van der Waals surface area (Å²) in [4.78, 5) is 4.18. The molecule has 2 aromatic heterocycles. The van der Waals surface area contributed by atoms with Gasteiger partial charge in [0.25, 0.3) is 0 Å². The van der Waals surface area contributed by atoms with Gasteiger partial charge in [0.1, 0.15) is 23.0 Å². The van der Waals surface area contributed by atoms with Crippen molar-refractivity contribution in [2.75, 3.05) is 28.2 Å². The molecule has 0 unspecified atom stereocenters. The molecule has 104 valence electrons. The molecule has 0 fully saturated rings. The molecule has 0 N–H and O–H groups in total. The average Bonchev–Trinajstić information content (AvgIpc) is 2.88. The molecule has 0 saturated heterocycles. The van der Waals surface area contributed by atoms with Gasteiger partial charge in [0, 0.05) is 0 Å². The third kappa shape index (κ3) is 4.26. The summed E-state index contributed by atoms with van der Waals surface area (Å²) in [5, 5.41) is 0. The predicted octanol–water partition coefficient (Wildman–Crippen LogP) is 2.59. The van der Waals surface area contributed by atoms with Gasteiger partial charge in [-0.3, -0.25) is 0 Å². The van der Waals surface area contributed by atoms with E-state index in [1.165, 1.54) is 0 Å². The summed E-state index contributed by atoms with van der Waals surface area (Å²) in [5.41, 5.74) is 0. The smallest absolute Gasteiger partial charge is 0.118 e. The Kier molecular flexibility index (Phi) is 4.45. The summed E-state index contributed by atoms with van der Waals surface area (Å²) in [6.45, 7) is 1.65. The Balaban J connectivity index is 1.96. The minimum atomic E-state index is 0.709. The molecule has 2 heterocycles. The first-order valence-electron chi connectivity index (χ1n) is 6.47. The molecule has 0 radical (unpaired) electrons. The highest BCUT2D eigenvalue weighted by molar-refractivity contribution is 5.16. The Labute approximate surface area is 114 Å². The van der Waals surface area contributed by atoms with E-state index in [0.29, 0.717) is 6.42 Å². The van der Waals surface area contributed by atoms with Crippen LogP contribution in [-0.2, 0) is 19.5 Å². The lowest BCUT2D eigenvalue weighted by molar-refractivity contribution is 0.332. The van der Waals surface area contributed by atoms with Crippen LogP contribution in [0, 0.1) is 0 Å². The molecule has 0 aliphatic rings. The molecule has 0 aliphatic heterocycles. The van der Waals surface area contributed by atoms with Crippen molar-refractivity contribution in [2.45, 2.75) is 19.5 Å². The lowest BCUT2D eigenvalue weighted by Gasteiger charge is -2.06. The van der Waals surface area contributed by atoms with Crippen molar-refractivity contribution in [3.63, 3.8) is 0 Å². The maximum Gasteiger partial charge on any atom is 0.118 e. The minimum Gasteiger partial charge on any atom is -0.464 e. The second kappa shape index (κ2) is 6.08. The van der Waals surface area contributed by atoms with Crippen molar-refractivity contribution < 1.29 is 8.83 Å². The van der Waals surface area contributed by atoms with E-state index in [1.54, 1.807) is 0 Å². The lowest BCUT2D eigenvalue weighted by Crippen LogP contribution is -2.09. The largest absolute Gasteiger partial charge is 0.464 e. The number of furan rings is 2. The van der Waals surface area contributed by atoms with E-state index in [1.807, 2.05) is 52.5 Å². The molecule has 2 rings (SSSR count). The third-order valence-corrected chi connectivity index (χ3v) is 2.73. The molecule has 0 bridgehead atoms. The van der Waals surface area contributed by atoms with E-state index in [-0.39, 0.29) is 0 Å². The summed E-state index contributed by atoms with van der Waals surface area (Å²) >= 11 is 0. The summed E-state index contributed by atoms with van der Waals surface area (Å²) < 4.78 is 11.6. The Morgan fingerprint density at radius 1 is 0.684 bits per heavy atom. The highest BCUT2D eigenvalue weighted by atomic mass is 16.4. The topological polar surface area (TPSA) is 32.8 Å². The Hall–Kier alpha value is -1.52. The molecule has 0 amide bonds. The van der Waals surface area contributed by atoms with Crippen LogP contribution in [0.5, 0.6) is 0 Å². The molecule has 4 heteroatoms. The molecule has 4 nitrogen and oxygen atoms in total. The maximum absolute atomic E-state index is 5.78. The molecular formula is C15H22N2O2. The number of rotatable bonds is 6. The van der Waals surface area contributed by atoms with Crippen LogP contribution in [0.4, 0.5) is 0 Å². The fourth-order valence-electron chi connectivity index (χ4n) is 2.00. The van der Waals surface area contributed by atoms with E-state index in [2.05, 4.69) is 9.80 Å². The number of hydrogen-bond acceptors (Lipinski definition) is 4. The normalized spacial score (nSPS) is 11.7. The molecule has 0 saturated carbocycles. The van der Waals surface area contributed by atoms with Crippen LogP contribution >= 0.6 is 0 Å². The molecule has 2 aromatic rings. The van der Waals surface area contributed by atoms with Gasteiger partial charge in [-0.2, -0.15) is 0 Å². The van der Waals surface area contributed by atoms with Crippen LogP contribution in [0.3, 0.4) is 0 Å². The SMILES string of the molecule is CN(C)Cc1ccc(Cc2ccc(CN(C)C)o2)o1. The van der Waals surface area contributed by atoms with Crippen LogP contribution in [0.2, 0.25) is 0 Å². The van der Waals surface area contributed by atoms with Crippen LogP contribution in [0.25, 0.3) is 0 Å². The van der Waals surface area contributed by atoms with Gasteiger partial charge in [-0.25, -0.2) is 0 Å². The van der Waals surface area contributed by atoms with Gasteiger partial charge in [-0.05, 0) is 52.5 Å². The van der Waals surface area contributed by atoms with E-state index < -0.39 is 0 Å². The first-order chi connectivity index (χ1) is 9.02. The van der Waals surface area contributed by atoms with Crippen molar-refractivity contribution in [3.05, 3.63) is 47.3 Å². The highest BCUT2D eigenvalue weighted by Crippen LogP contribution is 2.17. The standard InChI is InChI=1S/C15H22N2O2/c1-16(2)10-14-7-5-12(18-14)9-13-6-8-15(19-13)11-17(3)4/h5-8H,9-11H2,1-4H3. The fourth-order valence-corrected chi connectivity index (χ4v) is 2.00. The van der Waals surface area contributed by atoms with Gasteiger partial charge in [0.05, 0.1) is 19.5 Å². The Morgan fingerprint density at radius 2 is 1.05 bits per heavy atom. The van der Waals surface area contributed by atoms with Gasteiger partial charge < -0.3 is 18.6 Å². The zero-order valence-electron chi connectivity index (χ0n) is 12.1. The highest BCUT2D eigenvalue weighted by Gasteiger charge is 2.08. The number of hydrogen-bond donors (Lipinski definition) is 0. The fraction of sp³-hybridized carbons (Fsp3) is 0.467. The zero-order valence-corrected chi connectivity index (χ0v) is 12.1. The van der Waals surface area contributed by atoms with E-state index in [0.717, 1.165) is 36.1 Å². The minimum absolute atomic E-state index is 0.709. The lowest BCUT2D eigenvalue weighted by atomic mass is 10.3. The molecule has 0 spiro atoms. The number of nitrogens with zero attached hydrogens (tertiary/aromatic N) is 2. The summed E-state index contributed by atoms with van der Waals surface area (Å²) in [6, 6.07) is 8.10. The molecule has 0 aromatic carbocycles. The van der Waals surface area contributed by atoms with Crippen LogP contribution in [0.15, 0.2) is 33.1 Å². The summed E-state index contributed by atoms with van der Waals surface area (Å²) in [7, 11) is 8.12. The van der Waals surface area contributed by atoms with Gasteiger partial charge in [0.15, 0.2) is 0 Å².